The molecule has 3 aromatic rings. The summed E-state index contributed by atoms with van der Waals surface area (Å²) < 4.78 is 27.4. The molecule has 2 aliphatic heterocycles. The Labute approximate surface area is 172 Å². The zero-order chi connectivity index (χ0) is 20.8. The van der Waals surface area contributed by atoms with Gasteiger partial charge in [-0.3, -0.25) is 9.59 Å². The number of likely N-dealkylation sites (tertiary alicyclic amines) is 1. The van der Waals surface area contributed by atoms with E-state index in [1.165, 1.54) is 12.1 Å². The highest BCUT2D eigenvalue weighted by atomic mass is 19.1. The van der Waals surface area contributed by atoms with Crippen LogP contribution in [0.15, 0.2) is 54.6 Å². The van der Waals surface area contributed by atoms with Crippen molar-refractivity contribution in [2.24, 2.45) is 11.8 Å². The lowest BCUT2D eigenvalue weighted by atomic mass is 9.89. The number of hydrogen-bond donors (Lipinski definition) is 1. The lowest BCUT2D eigenvalue weighted by molar-refractivity contribution is -0.124. The molecule has 2 amide bonds. The molecule has 152 valence electrons. The Morgan fingerprint density at radius 2 is 1.73 bits per heavy atom. The number of nitrogens with one attached hydrogen (secondary N) is 1. The molecule has 0 aliphatic carbocycles. The van der Waals surface area contributed by atoms with E-state index in [0.717, 1.165) is 16.8 Å². The maximum absolute atomic E-state index is 13.7. The van der Waals surface area contributed by atoms with Gasteiger partial charge in [0.1, 0.15) is 11.6 Å². The molecule has 3 aromatic carbocycles. The zero-order valence-electron chi connectivity index (χ0n) is 16.2. The number of piperidine rings is 1. The van der Waals surface area contributed by atoms with Crippen molar-refractivity contribution < 1.29 is 18.4 Å². The molecule has 1 N–H and O–H groups in total. The number of carbonyl (C=O) groups is 2. The molecule has 0 saturated carbocycles. The largest absolute Gasteiger partial charge is 0.356 e. The second kappa shape index (κ2) is 7.20. The van der Waals surface area contributed by atoms with Gasteiger partial charge in [0.15, 0.2) is 0 Å². The number of benzene rings is 3. The van der Waals surface area contributed by atoms with Gasteiger partial charge >= 0.3 is 0 Å². The third-order valence-electron chi connectivity index (χ3n) is 6.17. The molecule has 4 nitrogen and oxygen atoms in total. The summed E-state index contributed by atoms with van der Waals surface area (Å²) in [5, 5.41) is 4.53. The Hall–Kier alpha value is -3.28. The minimum absolute atomic E-state index is 0.0533. The van der Waals surface area contributed by atoms with Gasteiger partial charge in [-0.2, -0.15) is 0 Å². The van der Waals surface area contributed by atoms with Crippen LogP contribution < -0.4 is 5.32 Å². The van der Waals surface area contributed by atoms with Crippen LogP contribution in [-0.4, -0.2) is 36.3 Å². The maximum atomic E-state index is 13.7. The number of rotatable bonds is 2. The first-order valence-electron chi connectivity index (χ1n) is 10.0. The van der Waals surface area contributed by atoms with Crippen LogP contribution in [0, 0.1) is 23.5 Å². The molecule has 2 atom stereocenters. The van der Waals surface area contributed by atoms with Crippen molar-refractivity contribution in [1.29, 1.82) is 0 Å². The van der Waals surface area contributed by atoms with E-state index in [1.807, 2.05) is 35.2 Å². The van der Waals surface area contributed by atoms with Crippen molar-refractivity contribution in [3.05, 3.63) is 71.8 Å². The maximum Gasteiger partial charge on any atom is 0.253 e. The Bertz CT molecular complexity index is 1160. The van der Waals surface area contributed by atoms with Crippen molar-refractivity contribution in [3.8, 4) is 11.1 Å². The number of carbonyl (C=O) groups excluding carboxylic acids is 2. The molecular formula is C24H20F2N2O2. The van der Waals surface area contributed by atoms with E-state index in [9.17, 15) is 18.4 Å². The van der Waals surface area contributed by atoms with Gasteiger partial charge in [0.2, 0.25) is 5.91 Å². The number of amides is 2. The van der Waals surface area contributed by atoms with Crippen molar-refractivity contribution in [2.45, 2.75) is 6.42 Å². The molecule has 2 aliphatic rings. The molecule has 5 rings (SSSR count). The fraction of sp³-hybridized carbons (Fsp3) is 0.250. The Balaban J connectivity index is 1.46. The average molecular weight is 406 g/mol. The van der Waals surface area contributed by atoms with Gasteiger partial charge in [-0.15, -0.1) is 0 Å². The smallest absolute Gasteiger partial charge is 0.253 e. The van der Waals surface area contributed by atoms with Crippen LogP contribution in [0.25, 0.3) is 21.9 Å². The lowest BCUT2D eigenvalue weighted by Crippen LogP contribution is -2.40. The van der Waals surface area contributed by atoms with Gasteiger partial charge in [-0.25, -0.2) is 8.78 Å². The minimum atomic E-state index is -0.628. The predicted octanol–water partition coefficient (Wildman–Crippen LogP) is 3.99. The summed E-state index contributed by atoms with van der Waals surface area (Å²) in [4.78, 5) is 26.5. The Morgan fingerprint density at radius 3 is 2.53 bits per heavy atom. The normalized spacial score (nSPS) is 20.9. The van der Waals surface area contributed by atoms with E-state index in [4.69, 9.17) is 0 Å². The molecule has 0 aromatic heterocycles. The molecule has 2 heterocycles. The third-order valence-corrected chi connectivity index (χ3v) is 6.17. The standard InChI is InChI=1S/C24H20F2N2O2/c25-19-7-16(8-20(26)10-19)21-3-1-2-14-6-15(4-5-22(14)21)24(30)28-12-17-9-23(29)27-11-18(17)13-28/h1-8,10,17-18H,9,11-13H2,(H,27,29)/t17-,18+/m1/s1. The van der Waals surface area contributed by atoms with E-state index in [2.05, 4.69) is 5.32 Å². The minimum Gasteiger partial charge on any atom is -0.356 e. The first kappa shape index (κ1) is 18.7. The highest BCUT2D eigenvalue weighted by Crippen LogP contribution is 2.32. The van der Waals surface area contributed by atoms with Crippen LogP contribution >= 0.6 is 0 Å². The van der Waals surface area contributed by atoms with Crippen molar-refractivity contribution in [2.75, 3.05) is 19.6 Å². The quantitative estimate of drug-likeness (QED) is 0.700. The SMILES string of the molecule is O=C1C[C@@H]2CN(C(=O)c3ccc4c(-c5cc(F)cc(F)c5)cccc4c3)C[C@@H]2CN1. The van der Waals surface area contributed by atoms with Gasteiger partial charge in [0, 0.05) is 37.7 Å². The second-order valence-electron chi connectivity index (χ2n) is 8.14. The van der Waals surface area contributed by atoms with E-state index < -0.39 is 11.6 Å². The van der Waals surface area contributed by atoms with Crippen LogP contribution in [0.4, 0.5) is 8.78 Å². The summed E-state index contributed by atoms with van der Waals surface area (Å²) in [6.07, 6.45) is 0.472. The second-order valence-corrected chi connectivity index (χ2v) is 8.14. The van der Waals surface area contributed by atoms with Crippen molar-refractivity contribution in [1.82, 2.24) is 10.2 Å². The first-order valence-corrected chi connectivity index (χ1v) is 10.0. The lowest BCUT2D eigenvalue weighted by Gasteiger charge is -2.23. The number of halogens is 2. The molecule has 0 bridgehead atoms. The highest BCUT2D eigenvalue weighted by Gasteiger charge is 2.39. The molecular weight excluding hydrogens is 386 g/mol. The summed E-state index contributed by atoms with van der Waals surface area (Å²) in [6.45, 7) is 1.86. The van der Waals surface area contributed by atoms with Gasteiger partial charge in [-0.1, -0.05) is 24.3 Å². The van der Waals surface area contributed by atoms with Crippen molar-refractivity contribution >= 4 is 22.6 Å². The highest BCUT2D eigenvalue weighted by molar-refractivity contribution is 6.02. The number of nitrogens with zero attached hydrogens (tertiary/aromatic N) is 1. The predicted molar refractivity (Wildman–Crippen MR) is 110 cm³/mol. The van der Waals surface area contributed by atoms with E-state index >= 15 is 0 Å². The molecule has 6 heteroatoms. The van der Waals surface area contributed by atoms with Crippen LogP contribution in [0.1, 0.15) is 16.8 Å². The van der Waals surface area contributed by atoms with Gasteiger partial charge < -0.3 is 10.2 Å². The number of fused-ring (bicyclic) bond motifs is 2. The van der Waals surface area contributed by atoms with Gasteiger partial charge in [0.25, 0.3) is 5.91 Å². The van der Waals surface area contributed by atoms with Crippen LogP contribution in [0.5, 0.6) is 0 Å². The molecule has 2 fully saturated rings. The summed E-state index contributed by atoms with van der Waals surface area (Å²) in [5.41, 5.74) is 1.74. The fourth-order valence-electron chi connectivity index (χ4n) is 4.68. The fourth-order valence-corrected chi connectivity index (χ4v) is 4.68. The van der Waals surface area contributed by atoms with Gasteiger partial charge in [-0.05, 0) is 58.0 Å². The first-order chi connectivity index (χ1) is 14.5. The molecule has 0 radical (unpaired) electrons. The topological polar surface area (TPSA) is 49.4 Å². The average Bonchev–Trinajstić information content (AvgIpc) is 3.14. The van der Waals surface area contributed by atoms with E-state index in [0.29, 0.717) is 48.7 Å². The summed E-state index contributed by atoms with van der Waals surface area (Å²) in [6, 6.07) is 14.4. The third kappa shape index (κ3) is 3.32. The van der Waals surface area contributed by atoms with E-state index in [-0.39, 0.29) is 17.7 Å². The van der Waals surface area contributed by atoms with Crippen LogP contribution in [0.3, 0.4) is 0 Å². The number of hydrogen-bond acceptors (Lipinski definition) is 2. The van der Waals surface area contributed by atoms with Gasteiger partial charge in [0.05, 0.1) is 0 Å². The Morgan fingerprint density at radius 1 is 0.967 bits per heavy atom. The van der Waals surface area contributed by atoms with Crippen LogP contribution in [-0.2, 0) is 4.79 Å². The molecule has 0 spiro atoms. The molecule has 2 saturated heterocycles. The summed E-state index contributed by atoms with van der Waals surface area (Å²) >= 11 is 0. The Kier molecular flexibility index (Phi) is 4.50. The summed E-state index contributed by atoms with van der Waals surface area (Å²) in [5.74, 6) is -0.729. The van der Waals surface area contributed by atoms with E-state index in [1.54, 1.807) is 6.07 Å². The van der Waals surface area contributed by atoms with Crippen molar-refractivity contribution in [3.63, 3.8) is 0 Å². The monoisotopic (exact) mass is 406 g/mol. The zero-order valence-corrected chi connectivity index (χ0v) is 16.2. The molecule has 30 heavy (non-hydrogen) atoms. The van der Waals surface area contributed by atoms with Crippen LogP contribution in [0.2, 0.25) is 0 Å². The molecule has 0 unspecified atom stereocenters. The summed E-state index contributed by atoms with van der Waals surface area (Å²) in [7, 11) is 0.